The quantitative estimate of drug-likeness (QED) is 0.641. The highest BCUT2D eigenvalue weighted by molar-refractivity contribution is 9.10. The number of nitrogens with one attached hydrogen (secondary N) is 1. The van der Waals surface area contributed by atoms with Gasteiger partial charge in [-0.05, 0) is 58.7 Å². The van der Waals surface area contributed by atoms with E-state index in [9.17, 15) is 4.39 Å². The third-order valence-corrected chi connectivity index (χ3v) is 4.16. The van der Waals surface area contributed by atoms with Crippen molar-refractivity contribution in [2.75, 3.05) is 5.32 Å². The van der Waals surface area contributed by atoms with Crippen LogP contribution in [0.3, 0.4) is 0 Å². The molecule has 1 nitrogen and oxygen atoms in total. The zero-order chi connectivity index (χ0) is 14.0. The Bertz CT molecular complexity index is 604. The number of benzene rings is 2. The molecule has 19 heavy (non-hydrogen) atoms. The summed E-state index contributed by atoms with van der Waals surface area (Å²) in [6.07, 6.45) is 0. The Kier molecular flexibility index (Phi) is 4.87. The van der Waals surface area contributed by atoms with Crippen molar-refractivity contribution in [3.8, 4) is 0 Å². The van der Waals surface area contributed by atoms with E-state index in [0.29, 0.717) is 9.50 Å². The first-order chi connectivity index (χ1) is 8.97. The minimum absolute atomic E-state index is 0.0259. The van der Waals surface area contributed by atoms with E-state index in [0.717, 1.165) is 15.7 Å². The van der Waals surface area contributed by atoms with E-state index >= 15 is 0 Å². The molecule has 1 atom stereocenters. The standard InChI is InChI=1S/C14H11Br2ClFN/c1-8(11-4-2-9(15)6-13(11)17)19-10-3-5-14(18)12(16)7-10/h2-8,19H,1H3. The van der Waals surface area contributed by atoms with Gasteiger partial charge in [-0.2, -0.15) is 0 Å². The SMILES string of the molecule is CC(Nc1ccc(F)c(Br)c1)c1ccc(Br)cc1Cl. The summed E-state index contributed by atoms with van der Waals surface area (Å²) >= 11 is 12.8. The van der Waals surface area contributed by atoms with Crippen LogP contribution in [-0.2, 0) is 0 Å². The first kappa shape index (κ1) is 14.8. The molecule has 1 N–H and O–H groups in total. The van der Waals surface area contributed by atoms with Gasteiger partial charge < -0.3 is 5.32 Å². The van der Waals surface area contributed by atoms with E-state index in [-0.39, 0.29) is 11.9 Å². The van der Waals surface area contributed by atoms with Crippen molar-refractivity contribution in [1.82, 2.24) is 0 Å². The molecule has 0 bridgehead atoms. The number of anilines is 1. The van der Waals surface area contributed by atoms with Crippen molar-refractivity contribution in [2.45, 2.75) is 13.0 Å². The number of hydrogen-bond donors (Lipinski definition) is 1. The Labute approximate surface area is 133 Å². The highest BCUT2D eigenvalue weighted by Crippen LogP contribution is 2.29. The van der Waals surface area contributed by atoms with E-state index in [1.165, 1.54) is 6.07 Å². The molecule has 0 heterocycles. The fourth-order valence-corrected chi connectivity index (χ4v) is 2.98. The Morgan fingerprint density at radius 2 is 1.89 bits per heavy atom. The van der Waals surface area contributed by atoms with Gasteiger partial charge in [-0.1, -0.05) is 33.6 Å². The van der Waals surface area contributed by atoms with Gasteiger partial charge in [0.2, 0.25) is 0 Å². The molecule has 0 fully saturated rings. The van der Waals surface area contributed by atoms with E-state index in [1.54, 1.807) is 12.1 Å². The van der Waals surface area contributed by atoms with Gasteiger partial charge in [-0.3, -0.25) is 0 Å². The second kappa shape index (κ2) is 6.25. The summed E-state index contributed by atoms with van der Waals surface area (Å²) in [5.74, 6) is -0.278. The van der Waals surface area contributed by atoms with Crippen molar-refractivity contribution in [3.63, 3.8) is 0 Å². The van der Waals surface area contributed by atoms with Gasteiger partial charge in [0.05, 0.1) is 4.47 Å². The van der Waals surface area contributed by atoms with Gasteiger partial charge in [-0.25, -0.2) is 4.39 Å². The van der Waals surface area contributed by atoms with Gasteiger partial charge in [0.15, 0.2) is 0 Å². The molecule has 2 aromatic carbocycles. The predicted molar refractivity (Wildman–Crippen MR) is 85.3 cm³/mol. The molecule has 0 aliphatic rings. The molecule has 0 spiro atoms. The lowest BCUT2D eigenvalue weighted by atomic mass is 10.1. The van der Waals surface area contributed by atoms with Gasteiger partial charge in [0, 0.05) is 21.2 Å². The molecule has 2 aromatic rings. The minimum atomic E-state index is -0.278. The number of hydrogen-bond acceptors (Lipinski definition) is 1. The maximum atomic E-state index is 13.2. The van der Waals surface area contributed by atoms with Gasteiger partial charge in [0.25, 0.3) is 0 Å². The second-order valence-corrected chi connectivity index (χ2v) is 6.34. The summed E-state index contributed by atoms with van der Waals surface area (Å²) in [6.45, 7) is 2.01. The van der Waals surface area contributed by atoms with Crippen molar-refractivity contribution < 1.29 is 4.39 Å². The summed E-state index contributed by atoms with van der Waals surface area (Å²) in [4.78, 5) is 0. The maximum Gasteiger partial charge on any atom is 0.137 e. The molecule has 0 aromatic heterocycles. The molecule has 100 valence electrons. The van der Waals surface area contributed by atoms with E-state index in [1.807, 2.05) is 25.1 Å². The Morgan fingerprint density at radius 3 is 2.53 bits per heavy atom. The molecule has 0 saturated heterocycles. The lowest BCUT2D eigenvalue weighted by Crippen LogP contribution is -2.07. The molecule has 5 heteroatoms. The van der Waals surface area contributed by atoms with Crippen LogP contribution < -0.4 is 5.32 Å². The molecule has 0 aliphatic carbocycles. The van der Waals surface area contributed by atoms with Crippen LogP contribution in [-0.4, -0.2) is 0 Å². The predicted octanol–water partition coefficient (Wildman–Crippen LogP) is 6.18. The van der Waals surface area contributed by atoms with Gasteiger partial charge in [-0.15, -0.1) is 0 Å². The van der Waals surface area contributed by atoms with E-state index in [2.05, 4.69) is 37.2 Å². The highest BCUT2D eigenvalue weighted by atomic mass is 79.9. The van der Waals surface area contributed by atoms with Crippen molar-refractivity contribution in [1.29, 1.82) is 0 Å². The van der Waals surface area contributed by atoms with Crippen molar-refractivity contribution >= 4 is 49.1 Å². The normalized spacial score (nSPS) is 12.3. The molecule has 0 radical (unpaired) electrons. The van der Waals surface area contributed by atoms with Crippen LogP contribution in [0.4, 0.5) is 10.1 Å². The smallest absolute Gasteiger partial charge is 0.137 e. The fraction of sp³-hybridized carbons (Fsp3) is 0.143. The van der Waals surface area contributed by atoms with Crippen LogP contribution in [0.2, 0.25) is 5.02 Å². The molecular formula is C14H11Br2ClFN. The van der Waals surface area contributed by atoms with E-state index < -0.39 is 0 Å². The zero-order valence-electron chi connectivity index (χ0n) is 10.1. The van der Waals surface area contributed by atoms with Gasteiger partial charge >= 0.3 is 0 Å². The monoisotopic (exact) mass is 405 g/mol. The van der Waals surface area contributed by atoms with Crippen LogP contribution in [0.25, 0.3) is 0 Å². The Balaban J connectivity index is 2.20. The van der Waals surface area contributed by atoms with Crippen molar-refractivity contribution in [3.05, 3.63) is 61.7 Å². The molecule has 1 unspecified atom stereocenters. The Morgan fingerprint density at radius 1 is 1.16 bits per heavy atom. The molecule has 0 amide bonds. The third kappa shape index (κ3) is 3.71. The fourth-order valence-electron chi connectivity index (χ4n) is 1.77. The summed E-state index contributed by atoms with van der Waals surface area (Å²) in [6, 6.07) is 10.6. The zero-order valence-corrected chi connectivity index (χ0v) is 14.0. The summed E-state index contributed by atoms with van der Waals surface area (Å²) < 4.78 is 14.5. The summed E-state index contributed by atoms with van der Waals surface area (Å²) in [5.41, 5.74) is 1.82. The molecule has 2 rings (SSSR count). The molecule has 0 aliphatic heterocycles. The van der Waals surface area contributed by atoms with Crippen LogP contribution in [0.15, 0.2) is 45.3 Å². The lowest BCUT2D eigenvalue weighted by Gasteiger charge is -2.17. The van der Waals surface area contributed by atoms with Crippen LogP contribution in [0.5, 0.6) is 0 Å². The van der Waals surface area contributed by atoms with E-state index in [4.69, 9.17) is 11.6 Å². The average Bonchev–Trinajstić information content (AvgIpc) is 2.33. The highest BCUT2D eigenvalue weighted by Gasteiger charge is 2.10. The molecular weight excluding hydrogens is 396 g/mol. The van der Waals surface area contributed by atoms with Gasteiger partial charge in [0.1, 0.15) is 5.82 Å². The topological polar surface area (TPSA) is 12.0 Å². The average molecular weight is 408 g/mol. The first-order valence-electron chi connectivity index (χ1n) is 5.64. The van der Waals surface area contributed by atoms with Crippen LogP contribution >= 0.6 is 43.5 Å². The van der Waals surface area contributed by atoms with Crippen LogP contribution in [0, 0.1) is 5.82 Å². The maximum absolute atomic E-state index is 13.2. The van der Waals surface area contributed by atoms with Crippen molar-refractivity contribution in [2.24, 2.45) is 0 Å². The Hall–Kier alpha value is -0.580. The minimum Gasteiger partial charge on any atom is -0.378 e. The first-order valence-corrected chi connectivity index (χ1v) is 7.60. The second-order valence-electron chi connectivity index (χ2n) is 4.16. The molecule has 0 saturated carbocycles. The number of rotatable bonds is 3. The summed E-state index contributed by atoms with van der Waals surface area (Å²) in [5, 5.41) is 3.98. The van der Waals surface area contributed by atoms with Crippen LogP contribution in [0.1, 0.15) is 18.5 Å². The largest absolute Gasteiger partial charge is 0.378 e. The number of halogens is 4. The third-order valence-electron chi connectivity index (χ3n) is 2.73. The summed E-state index contributed by atoms with van der Waals surface area (Å²) in [7, 11) is 0. The lowest BCUT2D eigenvalue weighted by molar-refractivity contribution is 0.621.